The SMILES string of the molecule is FC(F)(F)Oc1ccc(-n2cnc(-c3ccc(/C=N/N=C4\SCCCN4c4c(Cl)cccc4C(F)(F)F)cc3)n2)cc1. The zero-order valence-electron chi connectivity index (χ0n) is 21.3. The van der Waals surface area contributed by atoms with Gasteiger partial charge >= 0.3 is 12.5 Å². The average Bonchev–Trinajstić information content (AvgIpc) is 3.43. The lowest BCUT2D eigenvalue weighted by atomic mass is 10.1. The Labute approximate surface area is 244 Å². The van der Waals surface area contributed by atoms with Crippen LogP contribution in [0.3, 0.4) is 0 Å². The van der Waals surface area contributed by atoms with Gasteiger partial charge in [-0.15, -0.1) is 23.4 Å². The minimum Gasteiger partial charge on any atom is -0.406 e. The van der Waals surface area contributed by atoms with Crippen LogP contribution in [-0.4, -0.2) is 44.8 Å². The van der Waals surface area contributed by atoms with Crippen molar-refractivity contribution >= 4 is 40.4 Å². The number of para-hydroxylation sites is 1. The fourth-order valence-electron chi connectivity index (χ4n) is 4.05. The molecule has 0 aliphatic carbocycles. The summed E-state index contributed by atoms with van der Waals surface area (Å²) in [5, 5.41) is 12.9. The Balaban J connectivity index is 1.29. The van der Waals surface area contributed by atoms with E-state index in [-0.39, 0.29) is 16.5 Å². The Hall–Kier alpha value is -4.04. The molecule has 1 saturated heterocycles. The van der Waals surface area contributed by atoms with E-state index in [4.69, 9.17) is 11.6 Å². The number of alkyl halides is 6. The number of thioether (sulfide) groups is 1. The minimum absolute atomic E-state index is 0.0249. The number of hydrogen-bond acceptors (Lipinski definition) is 6. The van der Waals surface area contributed by atoms with E-state index in [0.29, 0.717) is 46.5 Å². The highest BCUT2D eigenvalue weighted by atomic mass is 35.5. The Morgan fingerprint density at radius 1 is 0.952 bits per heavy atom. The Bertz CT molecular complexity index is 1600. The van der Waals surface area contributed by atoms with Gasteiger partial charge in [-0.05, 0) is 48.4 Å². The average molecular weight is 625 g/mol. The molecule has 1 aromatic heterocycles. The number of ether oxygens (including phenoxy) is 1. The van der Waals surface area contributed by atoms with Crippen LogP contribution in [0.5, 0.6) is 5.75 Å². The molecular formula is C27H19ClF6N6OS. The molecule has 218 valence electrons. The molecule has 0 saturated carbocycles. The monoisotopic (exact) mass is 624 g/mol. The predicted octanol–water partition coefficient (Wildman–Crippen LogP) is 7.84. The molecule has 4 aromatic rings. The van der Waals surface area contributed by atoms with Crippen LogP contribution < -0.4 is 9.64 Å². The van der Waals surface area contributed by atoms with E-state index in [1.807, 2.05) is 0 Å². The third-order valence-electron chi connectivity index (χ3n) is 5.90. The number of halogens is 7. The van der Waals surface area contributed by atoms with Crippen molar-refractivity contribution in [1.29, 1.82) is 0 Å². The van der Waals surface area contributed by atoms with Crippen molar-refractivity contribution in [3.8, 4) is 22.8 Å². The van der Waals surface area contributed by atoms with E-state index in [9.17, 15) is 26.3 Å². The second kappa shape index (κ2) is 12.1. The van der Waals surface area contributed by atoms with Gasteiger partial charge in [0.1, 0.15) is 12.1 Å². The van der Waals surface area contributed by atoms with Crippen LogP contribution in [0.15, 0.2) is 83.3 Å². The maximum absolute atomic E-state index is 13.7. The molecule has 7 nitrogen and oxygen atoms in total. The Morgan fingerprint density at radius 2 is 1.69 bits per heavy atom. The van der Waals surface area contributed by atoms with Gasteiger partial charge < -0.3 is 9.64 Å². The zero-order chi connectivity index (χ0) is 29.9. The lowest BCUT2D eigenvalue weighted by Crippen LogP contribution is -2.35. The van der Waals surface area contributed by atoms with Crippen LogP contribution in [-0.2, 0) is 6.18 Å². The quantitative estimate of drug-likeness (QED) is 0.124. The van der Waals surface area contributed by atoms with Gasteiger partial charge in [-0.3, -0.25) is 0 Å². The van der Waals surface area contributed by atoms with E-state index in [1.54, 1.807) is 24.3 Å². The summed E-state index contributed by atoms with van der Waals surface area (Å²) in [6.07, 6.45) is -5.81. The number of nitrogens with zero attached hydrogens (tertiary/aromatic N) is 6. The van der Waals surface area contributed by atoms with E-state index in [1.165, 1.54) is 70.3 Å². The van der Waals surface area contributed by atoms with Gasteiger partial charge in [0.25, 0.3) is 0 Å². The van der Waals surface area contributed by atoms with Crippen LogP contribution in [0.4, 0.5) is 32.0 Å². The van der Waals surface area contributed by atoms with Gasteiger partial charge in [-0.2, -0.15) is 18.3 Å². The first kappa shape index (κ1) is 29.5. The Morgan fingerprint density at radius 3 is 2.38 bits per heavy atom. The first-order valence-corrected chi connectivity index (χ1v) is 13.6. The molecule has 15 heteroatoms. The van der Waals surface area contributed by atoms with Crippen molar-refractivity contribution < 1.29 is 31.1 Å². The molecule has 2 heterocycles. The molecule has 0 radical (unpaired) electrons. The van der Waals surface area contributed by atoms with E-state index in [2.05, 4.69) is 25.0 Å². The molecule has 0 N–H and O–H groups in total. The summed E-state index contributed by atoms with van der Waals surface area (Å²) < 4.78 is 83.4. The van der Waals surface area contributed by atoms with Crippen molar-refractivity contribution in [2.45, 2.75) is 19.0 Å². The van der Waals surface area contributed by atoms with E-state index >= 15 is 0 Å². The lowest BCUT2D eigenvalue weighted by molar-refractivity contribution is -0.274. The Kier molecular flexibility index (Phi) is 8.45. The second-order valence-corrected chi connectivity index (χ2v) is 10.3. The topological polar surface area (TPSA) is 67.9 Å². The molecule has 0 bridgehead atoms. The molecule has 1 aliphatic rings. The zero-order valence-corrected chi connectivity index (χ0v) is 22.8. The van der Waals surface area contributed by atoms with Gasteiger partial charge in [-0.1, -0.05) is 53.7 Å². The number of hydrogen-bond donors (Lipinski definition) is 0. The summed E-state index contributed by atoms with van der Waals surface area (Å²) in [7, 11) is 0. The summed E-state index contributed by atoms with van der Waals surface area (Å²) in [4.78, 5) is 5.70. The molecule has 1 fully saturated rings. The van der Waals surface area contributed by atoms with Gasteiger partial charge in [0.2, 0.25) is 0 Å². The van der Waals surface area contributed by atoms with Gasteiger partial charge in [0.05, 0.1) is 28.2 Å². The number of benzene rings is 3. The second-order valence-electron chi connectivity index (χ2n) is 8.79. The highest BCUT2D eigenvalue weighted by Crippen LogP contribution is 2.42. The maximum Gasteiger partial charge on any atom is 0.573 e. The summed E-state index contributed by atoms with van der Waals surface area (Å²) in [5.41, 5.74) is 0.841. The first-order chi connectivity index (χ1) is 20.0. The summed E-state index contributed by atoms with van der Waals surface area (Å²) >= 11 is 7.49. The van der Waals surface area contributed by atoms with Gasteiger partial charge in [0.15, 0.2) is 11.0 Å². The summed E-state index contributed by atoms with van der Waals surface area (Å²) in [6, 6.07) is 15.8. The van der Waals surface area contributed by atoms with Crippen molar-refractivity contribution in [2.24, 2.45) is 10.2 Å². The molecule has 3 aromatic carbocycles. The van der Waals surface area contributed by atoms with Crippen LogP contribution >= 0.6 is 23.4 Å². The molecule has 42 heavy (non-hydrogen) atoms. The number of amidine groups is 1. The maximum atomic E-state index is 13.7. The van der Waals surface area contributed by atoms with Gasteiger partial charge in [-0.25, -0.2) is 9.67 Å². The van der Waals surface area contributed by atoms with Crippen LogP contribution in [0.25, 0.3) is 17.1 Å². The van der Waals surface area contributed by atoms with Crippen LogP contribution in [0.2, 0.25) is 5.02 Å². The summed E-state index contributed by atoms with van der Waals surface area (Å²) in [5.74, 6) is 0.707. The van der Waals surface area contributed by atoms with E-state index < -0.39 is 18.1 Å². The standard InChI is InChI=1S/C27H19ClF6N6OS/c28-22-4-1-3-21(26(29,30)31)23(22)39-13-2-14-42-25(39)37-36-15-17-5-7-18(8-6-17)24-35-16-40(38-24)19-9-11-20(12-10-19)41-27(32,33)34/h1,3-12,15-16H,2,13-14H2/b36-15+,37-25-. The fourth-order valence-corrected chi connectivity index (χ4v) is 5.23. The van der Waals surface area contributed by atoms with Gasteiger partial charge in [0, 0.05) is 17.9 Å². The van der Waals surface area contributed by atoms with Crippen molar-refractivity contribution in [3.05, 3.63) is 89.2 Å². The molecule has 5 rings (SSSR count). The minimum atomic E-state index is -4.78. The molecule has 0 amide bonds. The fraction of sp³-hybridized carbons (Fsp3) is 0.185. The smallest absolute Gasteiger partial charge is 0.406 e. The van der Waals surface area contributed by atoms with Crippen LogP contribution in [0, 0.1) is 0 Å². The summed E-state index contributed by atoms with van der Waals surface area (Å²) in [6.45, 7) is 0.313. The van der Waals surface area contributed by atoms with Crippen LogP contribution in [0.1, 0.15) is 17.5 Å². The predicted molar refractivity (Wildman–Crippen MR) is 149 cm³/mol. The highest BCUT2D eigenvalue weighted by Gasteiger charge is 2.37. The third kappa shape index (κ3) is 7.05. The molecular weight excluding hydrogens is 606 g/mol. The van der Waals surface area contributed by atoms with Crippen molar-refractivity contribution in [3.63, 3.8) is 0 Å². The van der Waals surface area contributed by atoms with Crippen molar-refractivity contribution in [1.82, 2.24) is 14.8 Å². The molecule has 0 unspecified atom stereocenters. The largest absolute Gasteiger partial charge is 0.573 e. The molecule has 0 atom stereocenters. The molecule has 1 aliphatic heterocycles. The normalized spacial score (nSPS) is 15.5. The third-order valence-corrected chi connectivity index (χ3v) is 7.25. The van der Waals surface area contributed by atoms with Crippen molar-refractivity contribution in [2.75, 3.05) is 17.2 Å². The highest BCUT2D eigenvalue weighted by molar-refractivity contribution is 8.14. The lowest BCUT2D eigenvalue weighted by Gasteiger charge is -2.31. The van der Waals surface area contributed by atoms with E-state index in [0.717, 1.165) is 6.07 Å². The number of aromatic nitrogens is 3. The molecule has 0 spiro atoms. The first-order valence-electron chi connectivity index (χ1n) is 12.2. The number of rotatable bonds is 6. The number of anilines is 1.